The topological polar surface area (TPSA) is 38.8 Å². The van der Waals surface area contributed by atoms with E-state index >= 15 is 0 Å². The molecule has 4 heteroatoms. The molecular weight excluding hydrogens is 230 g/mol. The van der Waals surface area contributed by atoms with Crippen molar-refractivity contribution in [1.82, 2.24) is 0 Å². The largest absolute Gasteiger partial charge is 0.465 e. The molecule has 0 aliphatic carbocycles. The van der Waals surface area contributed by atoms with Crippen molar-refractivity contribution in [3.8, 4) is 0 Å². The van der Waals surface area contributed by atoms with Crippen molar-refractivity contribution in [2.45, 2.75) is 20.0 Å². The van der Waals surface area contributed by atoms with Crippen molar-refractivity contribution < 1.29 is 14.3 Å². The molecule has 0 aliphatic rings. The lowest BCUT2D eigenvalue weighted by atomic mass is 10.1. The predicted molar refractivity (Wildman–Crippen MR) is 72.1 cm³/mol. The average Bonchev–Trinajstić information content (AvgIpc) is 2.37. The van der Waals surface area contributed by atoms with Crippen LogP contribution in [0.1, 0.15) is 24.2 Å². The number of para-hydroxylation sites is 1. The molecule has 0 aliphatic heterocycles. The van der Waals surface area contributed by atoms with Gasteiger partial charge in [0.2, 0.25) is 0 Å². The van der Waals surface area contributed by atoms with E-state index in [4.69, 9.17) is 9.47 Å². The Hall–Kier alpha value is -1.55. The Labute approximate surface area is 108 Å². The average molecular weight is 251 g/mol. The maximum Gasteiger partial charge on any atom is 0.339 e. The zero-order chi connectivity index (χ0) is 13.5. The van der Waals surface area contributed by atoms with Crippen molar-refractivity contribution in [2.75, 3.05) is 32.2 Å². The van der Waals surface area contributed by atoms with Crippen molar-refractivity contribution in [3.63, 3.8) is 0 Å². The second-order valence-corrected chi connectivity index (χ2v) is 4.35. The van der Waals surface area contributed by atoms with Crippen molar-refractivity contribution in [2.24, 2.45) is 0 Å². The van der Waals surface area contributed by atoms with E-state index in [1.165, 1.54) is 7.11 Å². The van der Waals surface area contributed by atoms with E-state index in [1.54, 1.807) is 6.07 Å². The fourth-order valence-corrected chi connectivity index (χ4v) is 1.63. The maximum atomic E-state index is 11.6. The van der Waals surface area contributed by atoms with Crippen LogP contribution in [0.15, 0.2) is 24.3 Å². The minimum atomic E-state index is -0.317. The van der Waals surface area contributed by atoms with Gasteiger partial charge in [0.25, 0.3) is 0 Å². The number of carbonyl (C=O) groups excluding carboxylic acids is 1. The van der Waals surface area contributed by atoms with E-state index in [1.807, 2.05) is 44.0 Å². The summed E-state index contributed by atoms with van der Waals surface area (Å²) in [6.07, 6.45) is 0.217. The highest BCUT2D eigenvalue weighted by Gasteiger charge is 2.13. The smallest absolute Gasteiger partial charge is 0.339 e. The lowest BCUT2D eigenvalue weighted by Crippen LogP contribution is -2.25. The third-order valence-electron chi connectivity index (χ3n) is 2.60. The third-order valence-corrected chi connectivity index (χ3v) is 2.60. The van der Waals surface area contributed by atoms with E-state index in [-0.39, 0.29) is 12.1 Å². The first-order valence-electron chi connectivity index (χ1n) is 6.06. The SMILES string of the molecule is COC(=O)c1ccccc1N(C)CCOC(C)C. The molecule has 0 bridgehead atoms. The van der Waals surface area contributed by atoms with Gasteiger partial charge in [0.05, 0.1) is 31.1 Å². The molecule has 0 atom stereocenters. The zero-order valence-electron chi connectivity index (χ0n) is 11.5. The molecule has 0 saturated carbocycles. The van der Waals surface area contributed by atoms with Crippen LogP contribution in [0, 0.1) is 0 Å². The number of nitrogens with zero attached hydrogens (tertiary/aromatic N) is 1. The standard InChI is InChI=1S/C14H21NO3/c1-11(2)18-10-9-15(3)13-8-6-5-7-12(13)14(16)17-4/h5-8,11H,9-10H2,1-4H3. The molecular formula is C14H21NO3. The Morgan fingerprint density at radius 2 is 2.00 bits per heavy atom. The Bertz CT molecular complexity index is 390. The van der Waals surface area contributed by atoms with E-state index < -0.39 is 0 Å². The number of anilines is 1. The first-order chi connectivity index (χ1) is 8.56. The number of esters is 1. The third kappa shape index (κ3) is 4.04. The highest BCUT2D eigenvalue weighted by Crippen LogP contribution is 2.19. The summed E-state index contributed by atoms with van der Waals surface area (Å²) in [6, 6.07) is 7.40. The van der Waals surface area contributed by atoms with Crippen LogP contribution in [0.2, 0.25) is 0 Å². The van der Waals surface area contributed by atoms with Crippen LogP contribution >= 0.6 is 0 Å². The summed E-state index contributed by atoms with van der Waals surface area (Å²) in [4.78, 5) is 13.6. The molecule has 1 rings (SSSR count). The summed E-state index contributed by atoms with van der Waals surface area (Å²) in [7, 11) is 3.33. The van der Waals surface area contributed by atoms with Gasteiger partial charge >= 0.3 is 5.97 Å². The van der Waals surface area contributed by atoms with Gasteiger partial charge in [0.1, 0.15) is 0 Å². The van der Waals surface area contributed by atoms with Crippen molar-refractivity contribution in [3.05, 3.63) is 29.8 Å². The Balaban J connectivity index is 2.72. The van der Waals surface area contributed by atoms with Gasteiger partial charge in [-0.3, -0.25) is 0 Å². The molecule has 100 valence electrons. The zero-order valence-corrected chi connectivity index (χ0v) is 11.5. The van der Waals surface area contributed by atoms with Crippen molar-refractivity contribution >= 4 is 11.7 Å². The Kier molecular flexibility index (Phi) is 5.65. The molecule has 0 aromatic heterocycles. The van der Waals surface area contributed by atoms with E-state index in [9.17, 15) is 4.79 Å². The van der Waals surface area contributed by atoms with Crippen LogP contribution in [0.3, 0.4) is 0 Å². The molecule has 0 spiro atoms. The number of likely N-dealkylation sites (N-methyl/N-ethyl adjacent to an activating group) is 1. The number of carbonyl (C=O) groups is 1. The van der Waals surface area contributed by atoms with Crippen LogP contribution in [-0.4, -0.2) is 39.4 Å². The Morgan fingerprint density at radius 3 is 2.61 bits per heavy atom. The minimum Gasteiger partial charge on any atom is -0.465 e. The van der Waals surface area contributed by atoms with Crippen molar-refractivity contribution in [1.29, 1.82) is 0 Å². The first kappa shape index (κ1) is 14.5. The molecule has 0 unspecified atom stereocenters. The second-order valence-electron chi connectivity index (χ2n) is 4.35. The summed E-state index contributed by atoms with van der Waals surface area (Å²) < 4.78 is 10.3. The second kappa shape index (κ2) is 7.01. The summed E-state index contributed by atoms with van der Waals surface area (Å²) in [6.45, 7) is 5.36. The van der Waals surface area contributed by atoms with E-state index in [0.717, 1.165) is 12.2 Å². The quantitative estimate of drug-likeness (QED) is 0.727. The lowest BCUT2D eigenvalue weighted by Gasteiger charge is -2.22. The molecule has 0 fully saturated rings. The molecule has 0 N–H and O–H groups in total. The summed E-state index contributed by atoms with van der Waals surface area (Å²) in [5.41, 5.74) is 1.43. The van der Waals surface area contributed by atoms with Crippen LogP contribution in [0.25, 0.3) is 0 Å². The predicted octanol–water partition coefficient (Wildman–Crippen LogP) is 2.33. The highest BCUT2D eigenvalue weighted by atomic mass is 16.5. The van der Waals surface area contributed by atoms with Gasteiger partial charge in [-0.2, -0.15) is 0 Å². The van der Waals surface area contributed by atoms with Crippen LogP contribution < -0.4 is 4.90 Å². The van der Waals surface area contributed by atoms with E-state index in [0.29, 0.717) is 12.2 Å². The number of rotatable bonds is 6. The molecule has 0 heterocycles. The molecule has 4 nitrogen and oxygen atoms in total. The molecule has 1 aromatic carbocycles. The molecule has 18 heavy (non-hydrogen) atoms. The maximum absolute atomic E-state index is 11.6. The number of ether oxygens (including phenoxy) is 2. The van der Waals surface area contributed by atoms with Gasteiger partial charge < -0.3 is 14.4 Å². The van der Waals surface area contributed by atoms with Crippen LogP contribution in [0.5, 0.6) is 0 Å². The molecule has 0 amide bonds. The fourth-order valence-electron chi connectivity index (χ4n) is 1.63. The van der Waals surface area contributed by atoms with Gasteiger partial charge in [-0.25, -0.2) is 4.79 Å². The highest BCUT2D eigenvalue weighted by molar-refractivity contribution is 5.95. The van der Waals surface area contributed by atoms with Crippen LogP contribution in [0.4, 0.5) is 5.69 Å². The first-order valence-corrected chi connectivity index (χ1v) is 6.06. The van der Waals surface area contributed by atoms with Gasteiger partial charge in [0.15, 0.2) is 0 Å². The monoisotopic (exact) mass is 251 g/mol. The van der Waals surface area contributed by atoms with Gasteiger partial charge in [0, 0.05) is 13.6 Å². The fraction of sp³-hybridized carbons (Fsp3) is 0.500. The summed E-state index contributed by atoms with van der Waals surface area (Å²) in [5.74, 6) is -0.317. The Morgan fingerprint density at radius 1 is 1.33 bits per heavy atom. The lowest BCUT2D eigenvalue weighted by molar-refractivity contribution is 0.0600. The minimum absolute atomic E-state index is 0.217. The number of benzene rings is 1. The molecule has 0 radical (unpaired) electrons. The summed E-state index contributed by atoms with van der Waals surface area (Å²) >= 11 is 0. The van der Waals surface area contributed by atoms with Crippen LogP contribution in [-0.2, 0) is 9.47 Å². The summed E-state index contributed by atoms with van der Waals surface area (Å²) in [5, 5.41) is 0. The number of hydrogen-bond donors (Lipinski definition) is 0. The van der Waals surface area contributed by atoms with Gasteiger partial charge in [-0.05, 0) is 26.0 Å². The molecule has 1 aromatic rings. The van der Waals surface area contributed by atoms with E-state index in [2.05, 4.69) is 0 Å². The normalized spacial score (nSPS) is 10.5. The van der Waals surface area contributed by atoms with Gasteiger partial charge in [-0.15, -0.1) is 0 Å². The molecule has 0 saturated heterocycles. The number of hydrogen-bond acceptors (Lipinski definition) is 4. The number of methoxy groups -OCH3 is 1. The van der Waals surface area contributed by atoms with Gasteiger partial charge in [-0.1, -0.05) is 12.1 Å².